The van der Waals surface area contributed by atoms with Crippen molar-refractivity contribution in [2.45, 2.75) is 45.4 Å². The Labute approximate surface area is 223 Å². The second-order valence-corrected chi connectivity index (χ2v) is 10.2. The lowest BCUT2D eigenvalue weighted by atomic mass is 10.0. The normalized spacial score (nSPS) is 17.8. The average Bonchev–Trinajstić information content (AvgIpc) is 3.60. The zero-order chi connectivity index (χ0) is 26.5. The molecule has 3 aromatic rings. The van der Waals surface area contributed by atoms with Crippen LogP contribution in [0.1, 0.15) is 45.6 Å². The Hall–Kier alpha value is -2.93. The van der Waals surface area contributed by atoms with Crippen molar-refractivity contribution in [1.82, 2.24) is 24.8 Å². The molecular formula is C24H31ClN6O5S. The topological polar surface area (TPSA) is 135 Å². The van der Waals surface area contributed by atoms with Gasteiger partial charge in [0.2, 0.25) is 0 Å². The number of piperidine rings is 1. The molecule has 0 saturated carbocycles. The Morgan fingerprint density at radius 1 is 1.38 bits per heavy atom. The standard InChI is InChI=1S/C24H31ClN6O5S/c1-4-10-36-18-13-31(7-5-16(18)28-22(32)17-12-15(25)14(2)27-17)24-29-19(20(37-24)23(33)34)21-26-6-8-30(21)9-11-35-3/h6,8,12,16,18,27H,4-5,7,9-11,13H2,1-3H3,(H,28,32)(H,33,34)/t16-,18+/m1/s1. The number of aryl methyl sites for hydroxylation is 1. The number of carboxylic acids is 1. The molecule has 0 aromatic carbocycles. The van der Waals surface area contributed by atoms with E-state index in [9.17, 15) is 14.7 Å². The number of nitrogens with one attached hydrogen (secondary N) is 2. The number of imidazole rings is 1. The third-order valence-electron chi connectivity index (χ3n) is 6.15. The van der Waals surface area contributed by atoms with E-state index in [1.807, 2.05) is 23.3 Å². The molecule has 0 unspecified atom stereocenters. The molecule has 2 atom stereocenters. The van der Waals surface area contributed by atoms with Gasteiger partial charge in [0.05, 0.1) is 23.8 Å². The van der Waals surface area contributed by atoms with Crippen LogP contribution in [0.15, 0.2) is 18.5 Å². The molecule has 11 nitrogen and oxygen atoms in total. The summed E-state index contributed by atoms with van der Waals surface area (Å²) in [4.78, 5) is 39.1. The molecule has 1 aliphatic rings. The van der Waals surface area contributed by atoms with E-state index >= 15 is 0 Å². The van der Waals surface area contributed by atoms with E-state index in [0.717, 1.165) is 23.5 Å². The van der Waals surface area contributed by atoms with Gasteiger partial charge in [-0.2, -0.15) is 0 Å². The number of carbonyl (C=O) groups is 2. The van der Waals surface area contributed by atoms with E-state index in [2.05, 4.69) is 15.3 Å². The van der Waals surface area contributed by atoms with Gasteiger partial charge in [-0.1, -0.05) is 29.9 Å². The SMILES string of the molecule is CCCO[C@H]1CN(c2nc(-c3nccn3CCOC)c(C(=O)O)s2)CC[C@H]1NC(=O)c1cc(Cl)c(C)[nH]1. The number of aromatic amines is 1. The van der Waals surface area contributed by atoms with E-state index in [1.165, 1.54) is 0 Å². The molecular weight excluding hydrogens is 520 g/mol. The summed E-state index contributed by atoms with van der Waals surface area (Å²) in [7, 11) is 1.61. The van der Waals surface area contributed by atoms with Gasteiger partial charge in [-0.15, -0.1) is 0 Å². The van der Waals surface area contributed by atoms with Crippen molar-refractivity contribution in [2.75, 3.05) is 38.3 Å². The number of methoxy groups -OCH3 is 1. The summed E-state index contributed by atoms with van der Waals surface area (Å²) in [6, 6.07) is 1.40. The number of carbonyl (C=O) groups excluding carboxylic acids is 1. The van der Waals surface area contributed by atoms with Crippen LogP contribution in [0.2, 0.25) is 5.02 Å². The van der Waals surface area contributed by atoms with Crippen LogP contribution in [0.25, 0.3) is 11.5 Å². The number of halogens is 1. The van der Waals surface area contributed by atoms with Gasteiger partial charge in [0, 0.05) is 51.4 Å². The Balaban J connectivity index is 1.54. The summed E-state index contributed by atoms with van der Waals surface area (Å²) >= 11 is 7.22. The van der Waals surface area contributed by atoms with Crippen LogP contribution in [0, 0.1) is 6.92 Å². The molecule has 1 amide bonds. The zero-order valence-electron chi connectivity index (χ0n) is 21.0. The number of H-pyrrole nitrogens is 1. The average molecular weight is 551 g/mol. The van der Waals surface area contributed by atoms with Crippen LogP contribution >= 0.6 is 22.9 Å². The lowest BCUT2D eigenvalue weighted by Crippen LogP contribution is -2.55. The maximum absolute atomic E-state index is 12.8. The molecule has 0 radical (unpaired) electrons. The summed E-state index contributed by atoms with van der Waals surface area (Å²) in [5.74, 6) is -0.815. The van der Waals surface area contributed by atoms with Crippen LogP contribution in [0.3, 0.4) is 0 Å². The molecule has 1 fully saturated rings. The van der Waals surface area contributed by atoms with E-state index in [1.54, 1.807) is 25.6 Å². The van der Waals surface area contributed by atoms with Crippen LogP contribution in [-0.2, 0) is 16.0 Å². The lowest BCUT2D eigenvalue weighted by Gasteiger charge is -2.38. The smallest absolute Gasteiger partial charge is 0.348 e. The van der Waals surface area contributed by atoms with Gasteiger partial charge >= 0.3 is 5.97 Å². The number of rotatable bonds is 11. The number of thiazole rings is 1. The third-order valence-corrected chi connectivity index (χ3v) is 7.65. The fourth-order valence-electron chi connectivity index (χ4n) is 4.23. The second kappa shape index (κ2) is 12.1. The Kier molecular flexibility index (Phi) is 8.85. The summed E-state index contributed by atoms with van der Waals surface area (Å²) in [5.41, 5.74) is 1.46. The first-order valence-corrected chi connectivity index (χ1v) is 13.3. The molecule has 1 saturated heterocycles. The number of hydrogen-bond acceptors (Lipinski definition) is 8. The zero-order valence-corrected chi connectivity index (χ0v) is 22.6. The van der Waals surface area contributed by atoms with Crippen LogP contribution in [-0.4, -0.2) is 82.1 Å². The van der Waals surface area contributed by atoms with Gasteiger partial charge in [-0.05, 0) is 25.8 Å². The minimum Gasteiger partial charge on any atom is -0.477 e. The fourth-order valence-corrected chi connectivity index (χ4v) is 5.32. The molecule has 0 bridgehead atoms. The van der Waals surface area contributed by atoms with Gasteiger partial charge < -0.3 is 34.3 Å². The largest absolute Gasteiger partial charge is 0.477 e. The summed E-state index contributed by atoms with van der Waals surface area (Å²) < 4.78 is 13.1. The minimum atomic E-state index is -1.05. The number of aromatic nitrogens is 4. The predicted octanol–water partition coefficient (Wildman–Crippen LogP) is 3.45. The highest BCUT2D eigenvalue weighted by Crippen LogP contribution is 2.34. The monoisotopic (exact) mass is 550 g/mol. The van der Waals surface area contributed by atoms with Crippen LogP contribution in [0.5, 0.6) is 0 Å². The first kappa shape index (κ1) is 27.1. The highest BCUT2D eigenvalue weighted by molar-refractivity contribution is 7.17. The van der Waals surface area contributed by atoms with Gasteiger partial charge in [0.25, 0.3) is 5.91 Å². The van der Waals surface area contributed by atoms with Gasteiger partial charge in [0.15, 0.2) is 11.0 Å². The van der Waals surface area contributed by atoms with Gasteiger partial charge in [-0.3, -0.25) is 4.79 Å². The maximum atomic E-state index is 12.8. The quantitative estimate of drug-likeness (QED) is 0.330. The van der Waals surface area contributed by atoms with Gasteiger partial charge in [-0.25, -0.2) is 14.8 Å². The molecule has 1 aliphatic heterocycles. The van der Waals surface area contributed by atoms with Gasteiger partial charge in [0.1, 0.15) is 16.3 Å². The Bertz CT molecular complexity index is 1220. The first-order chi connectivity index (χ1) is 17.8. The van der Waals surface area contributed by atoms with Crippen LogP contribution < -0.4 is 10.2 Å². The summed E-state index contributed by atoms with van der Waals surface area (Å²) in [6.45, 7) is 6.40. The van der Waals surface area contributed by atoms with Crippen molar-refractivity contribution in [2.24, 2.45) is 0 Å². The summed E-state index contributed by atoms with van der Waals surface area (Å²) in [5, 5.41) is 14.1. The Morgan fingerprint density at radius 2 is 2.19 bits per heavy atom. The second-order valence-electron chi connectivity index (χ2n) is 8.80. The number of anilines is 1. The maximum Gasteiger partial charge on any atom is 0.348 e. The van der Waals surface area contributed by atoms with Crippen molar-refractivity contribution < 1.29 is 24.2 Å². The van der Waals surface area contributed by atoms with E-state index < -0.39 is 5.97 Å². The molecule has 37 heavy (non-hydrogen) atoms. The molecule has 13 heteroatoms. The number of ether oxygens (including phenoxy) is 2. The molecule has 200 valence electrons. The van der Waals surface area contributed by atoms with E-state index in [4.69, 9.17) is 26.1 Å². The number of amides is 1. The number of carboxylic acid groups (broad SMARTS) is 1. The molecule has 3 aromatic heterocycles. The lowest BCUT2D eigenvalue weighted by molar-refractivity contribution is 0.0205. The highest BCUT2D eigenvalue weighted by Gasteiger charge is 2.34. The predicted molar refractivity (Wildman–Crippen MR) is 141 cm³/mol. The molecule has 0 aliphatic carbocycles. The van der Waals surface area contributed by atoms with Crippen molar-refractivity contribution in [1.29, 1.82) is 0 Å². The Morgan fingerprint density at radius 3 is 2.86 bits per heavy atom. The third kappa shape index (κ3) is 6.15. The summed E-state index contributed by atoms with van der Waals surface area (Å²) in [6.07, 6.45) is 4.54. The minimum absolute atomic E-state index is 0.125. The molecule has 3 N–H and O–H groups in total. The highest BCUT2D eigenvalue weighted by atomic mass is 35.5. The molecule has 4 heterocycles. The fraction of sp³-hybridized carbons (Fsp3) is 0.500. The van der Waals surface area contributed by atoms with Crippen molar-refractivity contribution >= 4 is 39.9 Å². The van der Waals surface area contributed by atoms with Crippen molar-refractivity contribution in [3.63, 3.8) is 0 Å². The first-order valence-electron chi connectivity index (χ1n) is 12.1. The van der Waals surface area contributed by atoms with E-state index in [-0.39, 0.29) is 22.9 Å². The molecule has 0 spiro atoms. The number of aromatic carboxylic acids is 1. The van der Waals surface area contributed by atoms with Crippen molar-refractivity contribution in [3.05, 3.63) is 39.7 Å². The van der Waals surface area contributed by atoms with Crippen molar-refractivity contribution in [3.8, 4) is 11.5 Å². The number of hydrogen-bond donors (Lipinski definition) is 3. The number of nitrogens with zero attached hydrogens (tertiary/aromatic N) is 4. The molecule has 4 rings (SSSR count). The van der Waals surface area contributed by atoms with E-state index in [0.29, 0.717) is 66.6 Å². The van der Waals surface area contributed by atoms with Crippen LogP contribution in [0.4, 0.5) is 5.13 Å².